The van der Waals surface area contributed by atoms with Crippen molar-refractivity contribution in [2.45, 2.75) is 44.0 Å². The highest BCUT2D eigenvalue weighted by Gasteiger charge is 2.19. The third-order valence-electron chi connectivity index (χ3n) is 4.38. The van der Waals surface area contributed by atoms with E-state index in [0.29, 0.717) is 6.04 Å². The maximum atomic E-state index is 4.37. The molecule has 1 aromatic rings. The molecule has 1 heterocycles. The van der Waals surface area contributed by atoms with Crippen molar-refractivity contribution in [2.24, 2.45) is 4.99 Å². The van der Waals surface area contributed by atoms with Crippen LogP contribution in [0.3, 0.4) is 0 Å². The van der Waals surface area contributed by atoms with Crippen LogP contribution in [0.4, 0.5) is 0 Å². The monoisotopic (exact) mass is 476 g/mol. The molecule has 142 valence electrons. The van der Waals surface area contributed by atoms with Crippen LogP contribution in [-0.4, -0.2) is 55.9 Å². The Morgan fingerprint density at radius 3 is 2.52 bits per heavy atom. The molecule has 0 spiro atoms. The molecule has 25 heavy (non-hydrogen) atoms. The lowest BCUT2D eigenvalue weighted by Crippen LogP contribution is -2.49. The average Bonchev–Trinajstić information content (AvgIpc) is 2.61. The van der Waals surface area contributed by atoms with Crippen molar-refractivity contribution in [1.29, 1.82) is 0 Å². The lowest BCUT2D eigenvalue weighted by Gasteiger charge is -2.32. The Morgan fingerprint density at radius 1 is 1.24 bits per heavy atom. The fourth-order valence-electron chi connectivity index (χ4n) is 2.98. The average molecular weight is 476 g/mol. The molecule has 1 aromatic carbocycles. The van der Waals surface area contributed by atoms with Gasteiger partial charge in [-0.05, 0) is 44.9 Å². The van der Waals surface area contributed by atoms with E-state index in [9.17, 15) is 0 Å². The van der Waals surface area contributed by atoms with Gasteiger partial charge in [-0.25, -0.2) is 0 Å². The lowest BCUT2D eigenvalue weighted by molar-refractivity contribution is 0.206. The van der Waals surface area contributed by atoms with Gasteiger partial charge in [-0.15, -0.1) is 35.7 Å². The summed E-state index contributed by atoms with van der Waals surface area (Å²) in [7, 11) is 1.86. The van der Waals surface area contributed by atoms with Gasteiger partial charge in [0.05, 0.1) is 0 Å². The number of nitrogens with zero attached hydrogens (tertiary/aromatic N) is 2. The highest BCUT2D eigenvalue weighted by molar-refractivity contribution is 14.0. The van der Waals surface area contributed by atoms with Gasteiger partial charge in [-0.2, -0.15) is 0 Å². The fraction of sp³-hybridized carbons (Fsp3) is 0.632. The van der Waals surface area contributed by atoms with Gasteiger partial charge < -0.3 is 15.5 Å². The molecular weight excluding hydrogens is 443 g/mol. The summed E-state index contributed by atoms with van der Waals surface area (Å²) in [5.74, 6) is 1.98. The second-order valence-corrected chi connectivity index (χ2v) is 7.59. The van der Waals surface area contributed by atoms with Gasteiger partial charge in [0.15, 0.2) is 5.96 Å². The largest absolute Gasteiger partial charge is 0.356 e. The van der Waals surface area contributed by atoms with Gasteiger partial charge in [-0.3, -0.25) is 4.99 Å². The summed E-state index contributed by atoms with van der Waals surface area (Å²) >= 11 is 1.88. The molecule has 0 unspecified atom stereocenters. The molecule has 1 saturated heterocycles. The SMILES string of the molecule is CCCN1CCC(NC(=NC)NCCSc2ccc(C)cc2)CC1.I. The number of rotatable bonds is 7. The molecule has 0 radical (unpaired) electrons. The van der Waals surface area contributed by atoms with E-state index in [4.69, 9.17) is 0 Å². The summed E-state index contributed by atoms with van der Waals surface area (Å²) in [5.41, 5.74) is 1.31. The maximum absolute atomic E-state index is 4.37. The van der Waals surface area contributed by atoms with Crippen LogP contribution >= 0.6 is 35.7 Å². The third kappa shape index (κ3) is 8.64. The van der Waals surface area contributed by atoms with Crippen molar-refractivity contribution in [3.8, 4) is 0 Å². The smallest absolute Gasteiger partial charge is 0.191 e. The summed E-state index contributed by atoms with van der Waals surface area (Å²) in [4.78, 5) is 8.25. The van der Waals surface area contributed by atoms with E-state index in [2.05, 4.69) is 58.6 Å². The first kappa shape index (κ1) is 22.6. The number of nitrogens with one attached hydrogen (secondary N) is 2. The molecule has 6 heteroatoms. The topological polar surface area (TPSA) is 39.7 Å². The molecule has 0 amide bonds. The zero-order valence-electron chi connectivity index (χ0n) is 15.8. The van der Waals surface area contributed by atoms with Gasteiger partial charge in [0, 0.05) is 43.4 Å². The fourth-order valence-corrected chi connectivity index (χ4v) is 3.75. The minimum Gasteiger partial charge on any atom is -0.356 e. The third-order valence-corrected chi connectivity index (χ3v) is 5.39. The Hall–Kier alpha value is -0.470. The molecule has 1 aliphatic heterocycles. The molecule has 4 nitrogen and oxygen atoms in total. The second kappa shape index (κ2) is 12.8. The predicted molar refractivity (Wildman–Crippen MR) is 122 cm³/mol. The van der Waals surface area contributed by atoms with Crippen LogP contribution in [0.2, 0.25) is 0 Å². The van der Waals surface area contributed by atoms with Crippen molar-refractivity contribution in [2.75, 3.05) is 39.0 Å². The van der Waals surface area contributed by atoms with E-state index >= 15 is 0 Å². The molecule has 0 bridgehead atoms. The van der Waals surface area contributed by atoms with Crippen LogP contribution in [0.15, 0.2) is 34.2 Å². The van der Waals surface area contributed by atoms with Crippen molar-refractivity contribution in [3.05, 3.63) is 29.8 Å². The summed E-state index contributed by atoms with van der Waals surface area (Å²) in [6.07, 6.45) is 3.66. The number of aryl methyl sites for hydroxylation is 1. The minimum atomic E-state index is 0. The normalized spacial score (nSPS) is 16.4. The van der Waals surface area contributed by atoms with E-state index in [1.165, 1.54) is 49.4 Å². The first-order valence-electron chi connectivity index (χ1n) is 9.10. The molecule has 0 atom stereocenters. The summed E-state index contributed by atoms with van der Waals surface area (Å²) < 4.78 is 0. The zero-order valence-corrected chi connectivity index (χ0v) is 18.9. The van der Waals surface area contributed by atoms with Gasteiger partial charge in [0.25, 0.3) is 0 Å². The van der Waals surface area contributed by atoms with Crippen LogP contribution in [0, 0.1) is 6.92 Å². The zero-order chi connectivity index (χ0) is 17.2. The summed E-state index contributed by atoms with van der Waals surface area (Å²) in [6.45, 7) is 8.93. The van der Waals surface area contributed by atoms with Crippen LogP contribution in [0.1, 0.15) is 31.7 Å². The van der Waals surface area contributed by atoms with Crippen LogP contribution in [0.5, 0.6) is 0 Å². The van der Waals surface area contributed by atoms with E-state index in [1.807, 2.05) is 18.8 Å². The second-order valence-electron chi connectivity index (χ2n) is 6.42. The van der Waals surface area contributed by atoms with Gasteiger partial charge >= 0.3 is 0 Å². The Kier molecular flexibility index (Phi) is 11.6. The quantitative estimate of drug-likeness (QED) is 0.207. The van der Waals surface area contributed by atoms with Gasteiger partial charge in [-0.1, -0.05) is 24.6 Å². The van der Waals surface area contributed by atoms with E-state index in [1.54, 1.807) is 0 Å². The van der Waals surface area contributed by atoms with E-state index in [0.717, 1.165) is 18.3 Å². The van der Waals surface area contributed by atoms with Crippen LogP contribution in [-0.2, 0) is 0 Å². The van der Waals surface area contributed by atoms with Crippen molar-refractivity contribution >= 4 is 41.7 Å². The summed E-state index contributed by atoms with van der Waals surface area (Å²) in [6, 6.07) is 9.27. The number of hydrogen-bond donors (Lipinski definition) is 2. The molecule has 1 aliphatic rings. The Balaban J connectivity index is 0.00000312. The molecule has 1 fully saturated rings. The van der Waals surface area contributed by atoms with Crippen molar-refractivity contribution in [1.82, 2.24) is 15.5 Å². The van der Waals surface area contributed by atoms with Crippen molar-refractivity contribution < 1.29 is 0 Å². The predicted octanol–water partition coefficient (Wildman–Crippen LogP) is 3.74. The Bertz CT molecular complexity index is 499. The highest BCUT2D eigenvalue weighted by atomic mass is 127. The first-order chi connectivity index (χ1) is 11.7. The van der Waals surface area contributed by atoms with Crippen LogP contribution < -0.4 is 10.6 Å². The summed E-state index contributed by atoms with van der Waals surface area (Å²) in [5, 5.41) is 7.02. The minimum absolute atomic E-state index is 0. The number of hydrogen-bond acceptors (Lipinski definition) is 3. The van der Waals surface area contributed by atoms with Crippen molar-refractivity contribution in [3.63, 3.8) is 0 Å². The van der Waals surface area contributed by atoms with Gasteiger partial charge in [0.2, 0.25) is 0 Å². The number of thioether (sulfide) groups is 1. The van der Waals surface area contributed by atoms with E-state index in [-0.39, 0.29) is 24.0 Å². The number of halogens is 1. The molecular formula is C19H33IN4S. The van der Waals surface area contributed by atoms with Crippen LogP contribution in [0.25, 0.3) is 0 Å². The lowest BCUT2D eigenvalue weighted by atomic mass is 10.1. The van der Waals surface area contributed by atoms with Gasteiger partial charge in [0.1, 0.15) is 0 Å². The Labute approximate surface area is 174 Å². The first-order valence-corrected chi connectivity index (χ1v) is 10.1. The Morgan fingerprint density at radius 2 is 1.92 bits per heavy atom. The number of guanidine groups is 1. The molecule has 2 rings (SSSR count). The van der Waals surface area contributed by atoms with E-state index < -0.39 is 0 Å². The highest BCUT2D eigenvalue weighted by Crippen LogP contribution is 2.17. The molecule has 0 aliphatic carbocycles. The standard InChI is InChI=1S/C19H32N4S.HI/c1-4-12-23-13-9-17(10-14-23)22-19(20-3)21-11-15-24-18-7-5-16(2)6-8-18;/h5-8,17H,4,9-15H2,1-3H3,(H2,20,21,22);1H. The number of likely N-dealkylation sites (tertiary alicyclic amines) is 1. The molecule has 2 N–H and O–H groups in total. The molecule has 0 saturated carbocycles. The number of piperidine rings is 1. The maximum Gasteiger partial charge on any atom is 0.191 e. The number of aliphatic imine (C=N–C) groups is 1. The number of benzene rings is 1. The molecule has 0 aromatic heterocycles.